The SMILES string of the molecule is O=C(O)C1(c2cc(Cl)nc(C3CC3)c2)CC(OC(F)F)C1. The highest BCUT2D eigenvalue weighted by Gasteiger charge is 2.53. The highest BCUT2D eigenvalue weighted by atomic mass is 35.5. The third-order valence-electron chi connectivity index (χ3n) is 4.22. The standard InChI is InChI=1S/C14H14ClF2NO3/c15-11-4-8(3-10(18-11)7-1-2-7)14(12(19)20)5-9(6-14)21-13(16)17/h3-4,7,9,13H,1-2,5-6H2,(H,19,20). The van der Waals surface area contributed by atoms with Crippen molar-refractivity contribution in [3.63, 3.8) is 0 Å². The van der Waals surface area contributed by atoms with Crippen molar-refractivity contribution in [1.29, 1.82) is 0 Å². The predicted molar refractivity (Wildman–Crippen MR) is 70.6 cm³/mol. The number of alkyl halides is 2. The summed E-state index contributed by atoms with van der Waals surface area (Å²) in [6.07, 6.45) is 1.35. The minimum atomic E-state index is -2.88. The predicted octanol–water partition coefficient (Wildman–Crippen LogP) is 3.34. The van der Waals surface area contributed by atoms with Gasteiger partial charge in [-0.25, -0.2) is 4.98 Å². The summed E-state index contributed by atoms with van der Waals surface area (Å²) >= 11 is 5.98. The van der Waals surface area contributed by atoms with Crippen LogP contribution in [0, 0.1) is 0 Å². The van der Waals surface area contributed by atoms with E-state index >= 15 is 0 Å². The number of rotatable bonds is 5. The molecule has 2 aliphatic rings. The van der Waals surface area contributed by atoms with E-state index in [0.717, 1.165) is 18.5 Å². The molecule has 2 aliphatic carbocycles. The first kappa shape index (κ1) is 14.7. The molecule has 7 heteroatoms. The Morgan fingerprint density at radius 1 is 1.43 bits per heavy atom. The van der Waals surface area contributed by atoms with Gasteiger partial charge in [0.2, 0.25) is 0 Å². The van der Waals surface area contributed by atoms with Gasteiger partial charge in [0.1, 0.15) is 5.15 Å². The van der Waals surface area contributed by atoms with Crippen molar-refractivity contribution in [3.8, 4) is 0 Å². The van der Waals surface area contributed by atoms with E-state index in [2.05, 4.69) is 9.72 Å². The molecule has 1 aromatic heterocycles. The van der Waals surface area contributed by atoms with Crippen LogP contribution in [0.2, 0.25) is 5.15 Å². The van der Waals surface area contributed by atoms with Crippen LogP contribution in [0.5, 0.6) is 0 Å². The molecule has 1 heterocycles. The quantitative estimate of drug-likeness (QED) is 0.846. The molecular weight excluding hydrogens is 304 g/mol. The molecule has 1 N–H and O–H groups in total. The van der Waals surface area contributed by atoms with Crippen molar-refractivity contribution in [3.05, 3.63) is 28.5 Å². The van der Waals surface area contributed by atoms with E-state index in [-0.39, 0.29) is 18.0 Å². The fraction of sp³-hybridized carbons (Fsp3) is 0.571. The van der Waals surface area contributed by atoms with Crippen LogP contribution in [-0.2, 0) is 14.9 Å². The second kappa shape index (κ2) is 5.18. The van der Waals surface area contributed by atoms with Crippen LogP contribution in [0.15, 0.2) is 12.1 Å². The van der Waals surface area contributed by atoms with Gasteiger partial charge in [-0.15, -0.1) is 0 Å². The van der Waals surface area contributed by atoms with E-state index in [1.807, 2.05) is 0 Å². The highest BCUT2D eigenvalue weighted by molar-refractivity contribution is 6.29. The van der Waals surface area contributed by atoms with Crippen LogP contribution >= 0.6 is 11.6 Å². The van der Waals surface area contributed by atoms with Crippen molar-refractivity contribution in [2.75, 3.05) is 0 Å². The molecule has 0 saturated heterocycles. The summed E-state index contributed by atoms with van der Waals surface area (Å²) in [6, 6.07) is 3.26. The molecule has 0 atom stereocenters. The van der Waals surface area contributed by atoms with Crippen LogP contribution in [0.4, 0.5) is 8.78 Å². The minimum absolute atomic E-state index is 0.0249. The molecule has 0 bridgehead atoms. The average molecular weight is 318 g/mol. The van der Waals surface area contributed by atoms with E-state index in [1.54, 1.807) is 6.07 Å². The van der Waals surface area contributed by atoms with Crippen LogP contribution < -0.4 is 0 Å². The lowest BCUT2D eigenvalue weighted by Crippen LogP contribution is -2.52. The van der Waals surface area contributed by atoms with Gasteiger partial charge in [0.25, 0.3) is 0 Å². The van der Waals surface area contributed by atoms with Crippen LogP contribution in [0.3, 0.4) is 0 Å². The number of ether oxygens (including phenoxy) is 1. The molecule has 0 spiro atoms. The van der Waals surface area contributed by atoms with Gasteiger partial charge in [-0.1, -0.05) is 11.6 Å². The molecule has 0 radical (unpaired) electrons. The Balaban J connectivity index is 1.87. The summed E-state index contributed by atoms with van der Waals surface area (Å²) in [4.78, 5) is 15.9. The summed E-state index contributed by atoms with van der Waals surface area (Å²) in [5.74, 6) is -0.706. The molecule has 2 saturated carbocycles. The Labute approximate surface area is 125 Å². The van der Waals surface area contributed by atoms with Gasteiger partial charge in [-0.3, -0.25) is 4.79 Å². The van der Waals surface area contributed by atoms with Gasteiger partial charge in [0.05, 0.1) is 11.5 Å². The topological polar surface area (TPSA) is 59.4 Å². The van der Waals surface area contributed by atoms with E-state index in [0.29, 0.717) is 11.5 Å². The number of halogens is 3. The first-order valence-electron chi connectivity index (χ1n) is 6.76. The zero-order chi connectivity index (χ0) is 15.2. The lowest BCUT2D eigenvalue weighted by molar-refractivity contribution is -0.202. The lowest BCUT2D eigenvalue weighted by Gasteiger charge is -2.44. The van der Waals surface area contributed by atoms with Crippen LogP contribution in [0.1, 0.15) is 42.9 Å². The van der Waals surface area contributed by atoms with Gasteiger partial charge in [0.15, 0.2) is 0 Å². The Morgan fingerprint density at radius 2 is 2.10 bits per heavy atom. The van der Waals surface area contributed by atoms with Crippen molar-refractivity contribution in [2.45, 2.75) is 49.7 Å². The molecule has 0 aromatic carbocycles. The molecule has 3 rings (SSSR count). The molecule has 0 unspecified atom stereocenters. The number of carboxylic acids is 1. The van der Waals surface area contributed by atoms with Crippen molar-refractivity contribution >= 4 is 17.6 Å². The summed E-state index contributed by atoms with van der Waals surface area (Å²) in [5.41, 5.74) is 0.123. The number of pyridine rings is 1. The minimum Gasteiger partial charge on any atom is -0.481 e. The first-order chi connectivity index (χ1) is 9.90. The third-order valence-corrected chi connectivity index (χ3v) is 4.41. The van der Waals surface area contributed by atoms with E-state index in [1.165, 1.54) is 6.07 Å². The number of aliphatic carboxylic acids is 1. The summed E-state index contributed by atoms with van der Waals surface area (Å²) in [7, 11) is 0. The van der Waals surface area contributed by atoms with E-state index in [9.17, 15) is 18.7 Å². The monoisotopic (exact) mass is 317 g/mol. The Hall–Kier alpha value is -1.27. The van der Waals surface area contributed by atoms with Crippen molar-refractivity contribution in [1.82, 2.24) is 4.98 Å². The fourth-order valence-electron chi connectivity index (χ4n) is 2.87. The molecule has 114 valence electrons. The molecular formula is C14H14ClF2NO3. The van der Waals surface area contributed by atoms with Gasteiger partial charge < -0.3 is 9.84 Å². The number of hydrogen-bond acceptors (Lipinski definition) is 3. The second-order valence-corrected chi connectivity index (χ2v) is 6.08. The van der Waals surface area contributed by atoms with Gasteiger partial charge in [-0.05, 0) is 43.4 Å². The zero-order valence-electron chi connectivity index (χ0n) is 11.1. The molecule has 4 nitrogen and oxygen atoms in total. The maximum Gasteiger partial charge on any atom is 0.345 e. The normalized spacial score (nSPS) is 28.5. The molecule has 0 amide bonds. The molecule has 2 fully saturated rings. The van der Waals surface area contributed by atoms with Gasteiger partial charge in [0, 0.05) is 11.6 Å². The van der Waals surface area contributed by atoms with Gasteiger partial charge >= 0.3 is 12.6 Å². The number of hydrogen-bond donors (Lipinski definition) is 1. The summed E-state index contributed by atoms with van der Waals surface area (Å²) < 4.78 is 28.8. The molecule has 0 aliphatic heterocycles. The largest absolute Gasteiger partial charge is 0.481 e. The molecule has 1 aromatic rings. The summed E-state index contributed by atoms with van der Waals surface area (Å²) in [5, 5.41) is 9.76. The van der Waals surface area contributed by atoms with Crippen molar-refractivity contribution in [2.24, 2.45) is 0 Å². The smallest absolute Gasteiger partial charge is 0.345 e. The maximum atomic E-state index is 12.2. The van der Waals surface area contributed by atoms with Crippen LogP contribution in [-0.4, -0.2) is 28.8 Å². The highest BCUT2D eigenvalue weighted by Crippen LogP contribution is 2.48. The third kappa shape index (κ3) is 2.74. The van der Waals surface area contributed by atoms with E-state index < -0.39 is 24.1 Å². The van der Waals surface area contributed by atoms with Crippen molar-refractivity contribution < 1.29 is 23.4 Å². The number of carbonyl (C=O) groups is 1. The first-order valence-corrected chi connectivity index (χ1v) is 7.13. The maximum absolute atomic E-state index is 12.2. The van der Waals surface area contributed by atoms with E-state index in [4.69, 9.17) is 11.6 Å². The van der Waals surface area contributed by atoms with Gasteiger partial charge in [-0.2, -0.15) is 8.78 Å². The lowest BCUT2D eigenvalue weighted by atomic mass is 9.62. The average Bonchev–Trinajstić information content (AvgIpc) is 3.15. The Morgan fingerprint density at radius 3 is 2.62 bits per heavy atom. The Kier molecular flexibility index (Phi) is 3.61. The van der Waals surface area contributed by atoms with Crippen LogP contribution in [0.25, 0.3) is 0 Å². The fourth-order valence-corrected chi connectivity index (χ4v) is 3.09. The number of carboxylic acid groups (broad SMARTS) is 1. The second-order valence-electron chi connectivity index (χ2n) is 5.69. The molecule has 21 heavy (non-hydrogen) atoms. The summed E-state index contributed by atoms with van der Waals surface area (Å²) in [6.45, 7) is -2.88. The Bertz CT molecular complexity index is 571. The number of aromatic nitrogens is 1. The number of nitrogens with zero attached hydrogens (tertiary/aromatic N) is 1. The zero-order valence-corrected chi connectivity index (χ0v) is 11.8.